The van der Waals surface area contributed by atoms with E-state index in [2.05, 4.69) is 0 Å². The lowest BCUT2D eigenvalue weighted by Crippen LogP contribution is -2.25. The van der Waals surface area contributed by atoms with E-state index in [1.165, 1.54) is 10.8 Å². The van der Waals surface area contributed by atoms with Crippen molar-refractivity contribution < 1.29 is 23.0 Å². The molecule has 0 spiro atoms. The van der Waals surface area contributed by atoms with Crippen LogP contribution in [-0.2, 0) is 25.6 Å². The van der Waals surface area contributed by atoms with Gasteiger partial charge < -0.3 is 14.4 Å². The number of methoxy groups -OCH3 is 1. The number of alkyl halides is 3. The Morgan fingerprint density at radius 1 is 1.16 bits per heavy atom. The van der Waals surface area contributed by atoms with E-state index < -0.39 is 11.7 Å². The first-order valence-electron chi connectivity index (χ1n) is 7.94. The Bertz CT molecular complexity index is 770. The van der Waals surface area contributed by atoms with Gasteiger partial charge in [0, 0.05) is 19.3 Å². The highest BCUT2D eigenvalue weighted by molar-refractivity contribution is 5.33. The lowest BCUT2D eigenvalue weighted by atomic mass is 10.0. The van der Waals surface area contributed by atoms with Crippen LogP contribution in [0, 0.1) is 5.41 Å². The number of hydrogen-bond acceptors (Lipinski definition) is 3. The summed E-state index contributed by atoms with van der Waals surface area (Å²) < 4.78 is 46.3. The van der Waals surface area contributed by atoms with Gasteiger partial charge in [0.15, 0.2) is 0 Å². The number of benzene rings is 1. The van der Waals surface area contributed by atoms with E-state index in [-0.39, 0.29) is 30.5 Å². The summed E-state index contributed by atoms with van der Waals surface area (Å²) in [6.45, 7) is 0.185. The van der Waals surface area contributed by atoms with Crippen LogP contribution in [0.3, 0.4) is 0 Å². The number of aryl methyl sites for hydroxylation is 3. The minimum Gasteiger partial charge on any atom is -0.496 e. The molecule has 0 saturated heterocycles. The number of nitrogens with one attached hydrogen (secondary N) is 1. The zero-order chi connectivity index (χ0) is 18.4. The van der Waals surface area contributed by atoms with Crippen LogP contribution in [0.4, 0.5) is 13.2 Å². The maximum Gasteiger partial charge on any atom is 0.416 e. The Morgan fingerprint density at radius 2 is 1.88 bits per heavy atom. The molecule has 7 heteroatoms. The van der Waals surface area contributed by atoms with E-state index >= 15 is 0 Å². The van der Waals surface area contributed by atoms with Crippen molar-refractivity contribution >= 4 is 0 Å². The number of hydrogen-bond donors (Lipinski definition) is 2. The van der Waals surface area contributed by atoms with Gasteiger partial charge in [0.25, 0.3) is 0 Å². The maximum absolute atomic E-state index is 13.2. The number of nitrogens with zero attached hydrogens (tertiary/aromatic N) is 1. The molecule has 2 rings (SSSR count). The Kier molecular flexibility index (Phi) is 6.25. The minimum absolute atomic E-state index is 0.0950. The van der Waals surface area contributed by atoms with Gasteiger partial charge in [-0.1, -0.05) is 18.2 Å². The summed E-state index contributed by atoms with van der Waals surface area (Å²) in [5.41, 5.74) is 0.0146. The third-order valence-corrected chi connectivity index (χ3v) is 3.97. The highest BCUT2D eigenvalue weighted by Gasteiger charge is 2.33. The van der Waals surface area contributed by atoms with Crippen molar-refractivity contribution in [3.05, 3.63) is 58.7 Å². The lowest BCUT2D eigenvalue weighted by molar-refractivity contribution is -0.138. The van der Waals surface area contributed by atoms with Gasteiger partial charge in [0.05, 0.1) is 12.7 Å². The number of aliphatic hydroxyl groups excluding tert-OH is 1. The van der Waals surface area contributed by atoms with Crippen LogP contribution in [0.1, 0.15) is 23.1 Å². The zero-order valence-corrected chi connectivity index (χ0v) is 13.9. The topological polar surface area (TPSA) is 58.2 Å². The van der Waals surface area contributed by atoms with Gasteiger partial charge in [0.2, 0.25) is 0 Å². The van der Waals surface area contributed by atoms with E-state index in [1.807, 2.05) is 24.3 Å². The summed E-state index contributed by atoms with van der Waals surface area (Å²) in [6.07, 6.45) is -2.25. The molecule has 1 aromatic carbocycles. The minimum atomic E-state index is -4.51. The molecule has 136 valence electrons. The lowest BCUT2D eigenvalue weighted by Gasteiger charge is -2.17. The number of aliphatic hydroxyl groups is 1. The van der Waals surface area contributed by atoms with Gasteiger partial charge in [-0.2, -0.15) is 13.2 Å². The fourth-order valence-corrected chi connectivity index (χ4v) is 2.71. The molecule has 4 nitrogen and oxygen atoms in total. The van der Waals surface area contributed by atoms with Gasteiger partial charge >= 0.3 is 6.18 Å². The van der Waals surface area contributed by atoms with Gasteiger partial charge in [-0.05, 0) is 42.5 Å². The molecule has 2 N–H and O–H groups in total. The monoisotopic (exact) mass is 354 g/mol. The number of halogens is 3. The molecule has 0 aliphatic heterocycles. The van der Waals surface area contributed by atoms with Crippen molar-refractivity contribution in [1.29, 1.82) is 5.41 Å². The highest BCUT2D eigenvalue weighted by Crippen LogP contribution is 2.31. The van der Waals surface area contributed by atoms with Crippen LogP contribution in [-0.4, -0.2) is 23.4 Å². The van der Waals surface area contributed by atoms with E-state index in [0.717, 1.165) is 11.6 Å². The van der Waals surface area contributed by atoms with Gasteiger partial charge in [-0.3, -0.25) is 5.41 Å². The van der Waals surface area contributed by atoms with Gasteiger partial charge in [-0.15, -0.1) is 0 Å². The van der Waals surface area contributed by atoms with Crippen LogP contribution in [0.2, 0.25) is 0 Å². The van der Waals surface area contributed by atoms with E-state index in [0.29, 0.717) is 18.7 Å². The SMILES string of the molecule is COc1ccccc1CCn1cc(CCCO)c(C(F)(F)F)cc1=N. The normalized spacial score (nSPS) is 11.6. The van der Waals surface area contributed by atoms with Crippen molar-refractivity contribution in [2.75, 3.05) is 13.7 Å². The molecule has 1 aromatic heterocycles. The molecule has 0 atom stereocenters. The summed E-state index contributed by atoms with van der Waals surface area (Å²) in [5.74, 6) is 0.710. The summed E-state index contributed by atoms with van der Waals surface area (Å²) in [6, 6.07) is 8.27. The first-order valence-corrected chi connectivity index (χ1v) is 7.94. The van der Waals surface area contributed by atoms with E-state index in [9.17, 15) is 13.2 Å². The summed E-state index contributed by atoms with van der Waals surface area (Å²) >= 11 is 0. The van der Waals surface area contributed by atoms with Crippen molar-refractivity contribution in [2.45, 2.75) is 32.0 Å². The van der Waals surface area contributed by atoms with Gasteiger partial charge in [-0.25, -0.2) is 0 Å². The van der Waals surface area contributed by atoms with Crippen LogP contribution in [0.5, 0.6) is 5.75 Å². The third kappa shape index (κ3) is 4.85. The number of rotatable bonds is 7. The van der Waals surface area contributed by atoms with E-state index in [1.54, 1.807) is 7.11 Å². The molecule has 0 radical (unpaired) electrons. The fourth-order valence-electron chi connectivity index (χ4n) is 2.71. The summed E-state index contributed by atoms with van der Waals surface area (Å²) in [7, 11) is 1.56. The molecule has 0 aliphatic rings. The molecule has 0 unspecified atom stereocenters. The van der Waals surface area contributed by atoms with Crippen molar-refractivity contribution in [3.63, 3.8) is 0 Å². The molecular weight excluding hydrogens is 333 g/mol. The average Bonchev–Trinajstić information content (AvgIpc) is 2.58. The first kappa shape index (κ1) is 19.1. The number of pyridine rings is 1. The zero-order valence-electron chi connectivity index (χ0n) is 13.9. The van der Waals surface area contributed by atoms with Crippen molar-refractivity contribution in [1.82, 2.24) is 4.57 Å². The van der Waals surface area contributed by atoms with Gasteiger partial charge in [0.1, 0.15) is 11.2 Å². The molecule has 25 heavy (non-hydrogen) atoms. The molecule has 0 fully saturated rings. The molecular formula is C18H21F3N2O2. The molecule has 0 bridgehead atoms. The van der Waals surface area contributed by atoms with Crippen molar-refractivity contribution in [2.24, 2.45) is 0 Å². The second-order valence-corrected chi connectivity index (χ2v) is 5.68. The second kappa shape index (κ2) is 8.20. The smallest absolute Gasteiger partial charge is 0.416 e. The first-order chi connectivity index (χ1) is 11.9. The fraction of sp³-hybridized carbons (Fsp3) is 0.389. The predicted octanol–water partition coefficient (Wildman–Crippen LogP) is 3.16. The number of ether oxygens (including phenoxy) is 1. The van der Waals surface area contributed by atoms with E-state index in [4.69, 9.17) is 15.3 Å². The second-order valence-electron chi connectivity index (χ2n) is 5.68. The summed E-state index contributed by atoms with van der Waals surface area (Å²) in [4.78, 5) is 0. The van der Waals surface area contributed by atoms with Crippen LogP contribution < -0.4 is 10.2 Å². The molecule has 0 amide bonds. The quantitative estimate of drug-likeness (QED) is 0.802. The summed E-state index contributed by atoms with van der Waals surface area (Å²) in [5, 5.41) is 16.8. The molecule has 0 aliphatic carbocycles. The van der Waals surface area contributed by atoms with Crippen molar-refractivity contribution in [3.8, 4) is 5.75 Å². The van der Waals surface area contributed by atoms with Crippen LogP contribution in [0.15, 0.2) is 36.5 Å². The Hall–Kier alpha value is -2.28. The van der Waals surface area contributed by atoms with Crippen LogP contribution in [0.25, 0.3) is 0 Å². The standard InChI is InChI=1S/C18H21F3N2O2/c1-25-16-7-3-2-5-13(16)8-9-23-12-14(6-4-10-24)15(11-17(23)22)18(19,20)21/h2-3,5,7,11-12,22,24H,4,6,8-10H2,1H3. The predicted molar refractivity (Wildman–Crippen MR) is 87.4 cm³/mol. The highest BCUT2D eigenvalue weighted by atomic mass is 19.4. The molecule has 1 heterocycles. The van der Waals surface area contributed by atoms with Crippen LogP contribution >= 0.6 is 0 Å². The average molecular weight is 354 g/mol. The maximum atomic E-state index is 13.2. The largest absolute Gasteiger partial charge is 0.496 e. The molecule has 0 saturated carbocycles. The molecule has 2 aromatic rings. The number of para-hydroxylation sites is 1. The third-order valence-electron chi connectivity index (χ3n) is 3.97. The Labute approximate surface area is 144 Å². The number of aromatic nitrogens is 1. The Morgan fingerprint density at radius 3 is 2.52 bits per heavy atom. The Balaban J connectivity index is 2.30.